The molecule has 0 aromatic carbocycles. The van der Waals surface area contributed by atoms with Crippen LogP contribution in [0.5, 0.6) is 0 Å². The predicted octanol–water partition coefficient (Wildman–Crippen LogP) is 2.27. The molecule has 0 spiro atoms. The van der Waals surface area contributed by atoms with Gasteiger partial charge in [0.25, 0.3) is 5.91 Å². The quantitative estimate of drug-likeness (QED) is 0.714. The summed E-state index contributed by atoms with van der Waals surface area (Å²) in [5.41, 5.74) is 0.685. The van der Waals surface area contributed by atoms with E-state index in [1.807, 2.05) is 23.6 Å². The molecule has 8 nitrogen and oxygen atoms in total. The van der Waals surface area contributed by atoms with Crippen molar-refractivity contribution in [2.45, 2.75) is 25.3 Å². The third kappa shape index (κ3) is 3.54. The van der Waals surface area contributed by atoms with Gasteiger partial charge in [0.05, 0.1) is 18.0 Å². The van der Waals surface area contributed by atoms with E-state index in [2.05, 4.69) is 25.7 Å². The molecule has 4 heterocycles. The lowest BCUT2D eigenvalue weighted by Crippen LogP contribution is -2.40. The first-order chi connectivity index (χ1) is 12.8. The van der Waals surface area contributed by atoms with E-state index in [4.69, 9.17) is 4.42 Å². The van der Waals surface area contributed by atoms with Gasteiger partial charge in [0.2, 0.25) is 0 Å². The van der Waals surface area contributed by atoms with Crippen molar-refractivity contribution in [1.82, 2.24) is 30.4 Å². The van der Waals surface area contributed by atoms with Gasteiger partial charge in [-0.25, -0.2) is 0 Å². The Kier molecular flexibility index (Phi) is 5.07. The van der Waals surface area contributed by atoms with Gasteiger partial charge in [-0.2, -0.15) is 4.68 Å². The summed E-state index contributed by atoms with van der Waals surface area (Å²) < 4.78 is 7.13. The van der Waals surface area contributed by atoms with Gasteiger partial charge < -0.3 is 9.73 Å². The van der Waals surface area contributed by atoms with Crippen LogP contribution in [0, 0.1) is 0 Å². The van der Waals surface area contributed by atoms with Crippen LogP contribution in [-0.2, 0) is 0 Å². The molecule has 0 bridgehead atoms. The second-order valence-electron chi connectivity index (χ2n) is 6.23. The number of nitrogens with one attached hydrogen (secondary N) is 1. The number of carbonyl (C=O) groups is 1. The Morgan fingerprint density at radius 2 is 2.19 bits per heavy atom. The number of likely N-dealkylation sites (tertiary alicyclic amines) is 1. The zero-order valence-corrected chi connectivity index (χ0v) is 15.1. The smallest absolute Gasteiger partial charge is 0.263 e. The molecule has 1 amide bonds. The number of hydrogen-bond acceptors (Lipinski definition) is 7. The summed E-state index contributed by atoms with van der Waals surface area (Å²) >= 11 is 1.38. The number of nitrogens with zero attached hydrogens (tertiary/aromatic N) is 5. The van der Waals surface area contributed by atoms with Crippen molar-refractivity contribution in [3.05, 3.63) is 46.8 Å². The molecule has 1 fully saturated rings. The van der Waals surface area contributed by atoms with Crippen LogP contribution in [0.1, 0.15) is 40.7 Å². The minimum atomic E-state index is -0.126. The number of aromatic nitrogens is 4. The van der Waals surface area contributed by atoms with E-state index in [-0.39, 0.29) is 11.9 Å². The highest BCUT2D eigenvalue weighted by Gasteiger charge is 2.26. The van der Waals surface area contributed by atoms with Crippen LogP contribution in [0.15, 0.2) is 40.6 Å². The number of hydrogen-bond donors (Lipinski definition) is 1. The third-order valence-corrected chi connectivity index (χ3v) is 5.51. The molecule has 1 aliphatic heterocycles. The Balaban J connectivity index is 1.48. The molecule has 26 heavy (non-hydrogen) atoms. The van der Waals surface area contributed by atoms with E-state index < -0.39 is 0 Å². The van der Waals surface area contributed by atoms with Crippen LogP contribution in [0.2, 0.25) is 0 Å². The van der Waals surface area contributed by atoms with Gasteiger partial charge in [-0.05, 0) is 59.9 Å². The van der Waals surface area contributed by atoms with E-state index in [1.54, 1.807) is 6.26 Å². The van der Waals surface area contributed by atoms with Crippen LogP contribution in [0.3, 0.4) is 0 Å². The summed E-state index contributed by atoms with van der Waals surface area (Å²) in [4.78, 5) is 15.7. The fraction of sp³-hybridized carbons (Fsp3) is 0.412. The highest BCUT2D eigenvalue weighted by Crippen LogP contribution is 2.25. The standard InChI is InChI=1S/C17H20N6O2S/c24-17(16-13(6-10-26-16)23-12-19-20-21-23)18-11-14(15-5-4-9-25-15)22-7-2-1-3-8-22/h4-6,9-10,12,14H,1-3,7-8,11H2,(H,18,24)/t14-/m1/s1. The molecule has 0 radical (unpaired) electrons. The molecule has 1 atom stereocenters. The lowest BCUT2D eigenvalue weighted by atomic mass is 10.1. The van der Waals surface area contributed by atoms with Crippen molar-refractivity contribution in [3.63, 3.8) is 0 Å². The van der Waals surface area contributed by atoms with Gasteiger partial charge in [0.15, 0.2) is 0 Å². The summed E-state index contributed by atoms with van der Waals surface area (Å²) in [7, 11) is 0. The van der Waals surface area contributed by atoms with Gasteiger partial charge >= 0.3 is 0 Å². The van der Waals surface area contributed by atoms with Gasteiger partial charge in [0.1, 0.15) is 17.0 Å². The summed E-state index contributed by atoms with van der Waals surface area (Å²) in [6, 6.07) is 5.75. The number of tetrazole rings is 1. The van der Waals surface area contributed by atoms with E-state index in [9.17, 15) is 4.79 Å². The summed E-state index contributed by atoms with van der Waals surface area (Å²) in [6.07, 6.45) is 6.79. The largest absolute Gasteiger partial charge is 0.468 e. The number of thiophene rings is 1. The minimum Gasteiger partial charge on any atom is -0.468 e. The maximum Gasteiger partial charge on any atom is 0.263 e. The van der Waals surface area contributed by atoms with Crippen molar-refractivity contribution in [2.24, 2.45) is 0 Å². The third-order valence-electron chi connectivity index (χ3n) is 4.61. The Hall–Kier alpha value is -2.52. The topological polar surface area (TPSA) is 89.1 Å². The van der Waals surface area contributed by atoms with Crippen molar-refractivity contribution in [3.8, 4) is 5.69 Å². The monoisotopic (exact) mass is 372 g/mol. The Labute approximate surface area is 154 Å². The SMILES string of the molecule is O=C(NC[C@H](c1ccco1)N1CCCCC1)c1sccc1-n1cnnn1. The fourth-order valence-electron chi connectivity index (χ4n) is 3.31. The molecule has 0 aliphatic carbocycles. The van der Waals surface area contributed by atoms with Crippen LogP contribution in [0.4, 0.5) is 0 Å². The summed E-state index contributed by atoms with van der Waals surface area (Å²) in [5.74, 6) is 0.762. The Bertz CT molecular complexity index is 823. The second kappa shape index (κ2) is 7.79. The molecule has 4 rings (SSSR count). The lowest BCUT2D eigenvalue weighted by Gasteiger charge is -2.33. The molecular weight excluding hydrogens is 352 g/mol. The first kappa shape index (κ1) is 16.9. The van der Waals surface area contributed by atoms with Gasteiger partial charge in [-0.15, -0.1) is 16.4 Å². The number of carbonyl (C=O) groups excluding carboxylic acids is 1. The summed E-state index contributed by atoms with van der Waals surface area (Å²) in [5, 5.41) is 16.1. The first-order valence-corrected chi connectivity index (χ1v) is 9.57. The van der Waals surface area contributed by atoms with Crippen molar-refractivity contribution >= 4 is 17.2 Å². The highest BCUT2D eigenvalue weighted by atomic mass is 32.1. The average Bonchev–Trinajstić information content (AvgIpc) is 3.43. The molecule has 136 valence electrons. The first-order valence-electron chi connectivity index (χ1n) is 8.69. The maximum atomic E-state index is 12.7. The van der Waals surface area contributed by atoms with E-state index in [0.29, 0.717) is 17.1 Å². The van der Waals surface area contributed by atoms with E-state index >= 15 is 0 Å². The maximum absolute atomic E-state index is 12.7. The molecule has 3 aromatic rings. The zero-order valence-electron chi connectivity index (χ0n) is 14.2. The number of piperidine rings is 1. The molecule has 1 aliphatic rings. The van der Waals surface area contributed by atoms with Crippen molar-refractivity contribution in [1.29, 1.82) is 0 Å². The average molecular weight is 372 g/mol. The predicted molar refractivity (Wildman–Crippen MR) is 96.2 cm³/mol. The number of furan rings is 1. The molecule has 1 saturated heterocycles. The van der Waals surface area contributed by atoms with Crippen LogP contribution in [0.25, 0.3) is 5.69 Å². The molecule has 0 unspecified atom stereocenters. The van der Waals surface area contributed by atoms with Crippen molar-refractivity contribution < 1.29 is 9.21 Å². The Morgan fingerprint density at radius 3 is 2.92 bits per heavy atom. The number of rotatable bonds is 6. The van der Waals surface area contributed by atoms with Crippen LogP contribution >= 0.6 is 11.3 Å². The molecule has 0 saturated carbocycles. The van der Waals surface area contributed by atoms with Crippen LogP contribution in [-0.4, -0.2) is 50.6 Å². The van der Waals surface area contributed by atoms with E-state index in [0.717, 1.165) is 18.8 Å². The zero-order chi connectivity index (χ0) is 17.8. The molecular formula is C17H20N6O2S. The van der Waals surface area contributed by atoms with Gasteiger partial charge in [-0.3, -0.25) is 9.69 Å². The van der Waals surface area contributed by atoms with Crippen LogP contribution < -0.4 is 5.32 Å². The molecule has 3 aromatic heterocycles. The lowest BCUT2D eigenvalue weighted by molar-refractivity contribution is 0.0918. The second-order valence-corrected chi connectivity index (χ2v) is 7.14. The van der Waals surface area contributed by atoms with E-state index in [1.165, 1.54) is 41.6 Å². The normalized spacial score (nSPS) is 16.5. The highest BCUT2D eigenvalue weighted by molar-refractivity contribution is 7.12. The Morgan fingerprint density at radius 1 is 1.31 bits per heavy atom. The molecule has 1 N–H and O–H groups in total. The fourth-order valence-corrected chi connectivity index (χ4v) is 4.11. The number of amides is 1. The van der Waals surface area contributed by atoms with Gasteiger partial charge in [0, 0.05) is 6.54 Å². The van der Waals surface area contributed by atoms with Crippen molar-refractivity contribution in [2.75, 3.05) is 19.6 Å². The molecule has 9 heteroatoms. The van der Waals surface area contributed by atoms with Gasteiger partial charge in [-0.1, -0.05) is 6.42 Å². The summed E-state index contributed by atoms with van der Waals surface area (Å²) in [6.45, 7) is 2.55. The minimum absolute atomic E-state index is 0.0469.